The molecular weight excluding hydrogens is 671 g/mol. The van der Waals surface area contributed by atoms with Gasteiger partial charge in [-0.3, -0.25) is 28.1 Å². The van der Waals surface area contributed by atoms with Crippen LogP contribution in [-0.2, 0) is 53.4 Å². The van der Waals surface area contributed by atoms with Crippen LogP contribution in [0.2, 0.25) is 0 Å². The fourth-order valence-corrected chi connectivity index (χ4v) is 6.20. The topological polar surface area (TPSA) is 135 Å². The predicted molar refractivity (Wildman–Crippen MR) is 178 cm³/mol. The zero-order valence-corrected chi connectivity index (χ0v) is 28.0. The molecule has 1 amide bonds. The van der Waals surface area contributed by atoms with Crippen molar-refractivity contribution in [1.29, 1.82) is 0 Å². The number of aryl methyl sites for hydroxylation is 1. The molecule has 1 saturated heterocycles. The van der Waals surface area contributed by atoms with E-state index in [1.54, 1.807) is 19.2 Å². The van der Waals surface area contributed by atoms with Gasteiger partial charge in [-0.15, -0.1) is 0 Å². The average molecular weight is 708 g/mol. The molecule has 0 unspecified atom stereocenters. The van der Waals surface area contributed by atoms with Crippen LogP contribution in [0.1, 0.15) is 49.8 Å². The van der Waals surface area contributed by atoms with E-state index in [9.17, 15) is 32.3 Å². The number of nitrogens with zero attached hydrogens (tertiary/aromatic N) is 7. The lowest BCUT2D eigenvalue weighted by atomic mass is 10.1. The third-order valence-electron chi connectivity index (χ3n) is 8.67. The number of ether oxygens (including phenoxy) is 2. The van der Waals surface area contributed by atoms with Crippen molar-refractivity contribution in [2.45, 2.75) is 78.3 Å². The molecule has 4 heterocycles. The Hall–Kier alpha value is -5.67. The molecule has 1 aliphatic heterocycles. The molecule has 1 fully saturated rings. The maximum absolute atomic E-state index is 13.8. The van der Waals surface area contributed by atoms with Gasteiger partial charge in [0, 0.05) is 25.8 Å². The summed E-state index contributed by atoms with van der Waals surface area (Å²) >= 11 is 0. The van der Waals surface area contributed by atoms with E-state index < -0.39 is 47.8 Å². The molecule has 0 saturated carbocycles. The van der Waals surface area contributed by atoms with Crippen molar-refractivity contribution in [1.82, 2.24) is 33.4 Å². The number of carbonyl (C=O) groups excluding carboxylic acids is 2. The first-order valence-corrected chi connectivity index (χ1v) is 16.6. The van der Waals surface area contributed by atoms with Crippen LogP contribution in [-0.4, -0.2) is 58.0 Å². The maximum Gasteiger partial charge on any atom is 0.416 e. The highest BCUT2D eigenvalue weighted by atomic mass is 19.4. The van der Waals surface area contributed by atoms with E-state index in [1.165, 1.54) is 31.0 Å². The number of halogens is 3. The molecule has 0 spiro atoms. The van der Waals surface area contributed by atoms with E-state index >= 15 is 0 Å². The molecule has 0 aliphatic carbocycles. The van der Waals surface area contributed by atoms with E-state index in [2.05, 4.69) is 10.1 Å². The first-order valence-electron chi connectivity index (χ1n) is 16.6. The molecule has 0 radical (unpaired) electrons. The van der Waals surface area contributed by atoms with Crippen LogP contribution in [0.3, 0.4) is 0 Å². The van der Waals surface area contributed by atoms with Gasteiger partial charge < -0.3 is 9.47 Å². The van der Waals surface area contributed by atoms with Gasteiger partial charge in [0.15, 0.2) is 17.9 Å². The van der Waals surface area contributed by atoms with Gasteiger partial charge in [0.25, 0.3) is 5.56 Å². The number of carbonyl (C=O) groups is 2. The zero-order valence-electron chi connectivity index (χ0n) is 28.0. The largest absolute Gasteiger partial charge is 0.445 e. The fourth-order valence-electron chi connectivity index (χ4n) is 6.20. The molecule has 1 aliphatic rings. The van der Waals surface area contributed by atoms with Crippen LogP contribution in [0.4, 0.5) is 18.0 Å². The molecule has 0 bridgehead atoms. The molecule has 6 rings (SSSR count). The smallest absolute Gasteiger partial charge is 0.416 e. The lowest BCUT2D eigenvalue weighted by molar-refractivity contribution is -0.152. The number of amides is 1. The van der Waals surface area contributed by atoms with Gasteiger partial charge in [0.2, 0.25) is 0 Å². The third kappa shape index (κ3) is 7.30. The second-order valence-electron chi connectivity index (χ2n) is 12.1. The number of benzene rings is 2. The normalized spacial score (nSPS) is 14.7. The molecule has 2 aromatic carbocycles. The first kappa shape index (κ1) is 35.2. The van der Waals surface area contributed by atoms with Crippen LogP contribution in [0, 0.1) is 0 Å². The van der Waals surface area contributed by atoms with Crippen molar-refractivity contribution in [2.75, 3.05) is 6.54 Å². The Balaban J connectivity index is 1.31. The number of hydrogen-bond donors (Lipinski definition) is 0. The molecular formula is C35H36F3N7O6. The van der Waals surface area contributed by atoms with E-state index in [1.807, 2.05) is 37.3 Å². The fraction of sp³-hybridized carbons (Fsp3) is 0.371. The first-order chi connectivity index (χ1) is 24.5. The summed E-state index contributed by atoms with van der Waals surface area (Å²) in [4.78, 5) is 59.6. The zero-order chi connectivity index (χ0) is 36.3. The predicted octanol–water partition coefficient (Wildman–Crippen LogP) is 5.02. The monoisotopic (exact) mass is 707 g/mol. The highest BCUT2D eigenvalue weighted by Gasteiger charge is 2.37. The minimum Gasteiger partial charge on any atom is -0.445 e. The number of rotatable bonds is 11. The Morgan fingerprint density at radius 1 is 0.961 bits per heavy atom. The van der Waals surface area contributed by atoms with Gasteiger partial charge in [-0.2, -0.15) is 18.3 Å². The lowest BCUT2D eigenvalue weighted by Crippen LogP contribution is -2.42. The summed E-state index contributed by atoms with van der Waals surface area (Å²) in [6, 6.07) is 13.1. The summed E-state index contributed by atoms with van der Waals surface area (Å²) in [5.74, 6) is -0.568. The van der Waals surface area contributed by atoms with Crippen LogP contribution in [0.5, 0.6) is 0 Å². The van der Waals surface area contributed by atoms with Crippen LogP contribution >= 0.6 is 0 Å². The minimum atomic E-state index is -4.51. The number of alkyl halides is 3. The van der Waals surface area contributed by atoms with E-state index in [-0.39, 0.29) is 43.2 Å². The summed E-state index contributed by atoms with van der Waals surface area (Å²) in [5, 5.41) is 4.31. The number of fused-ring (bicyclic) bond motifs is 1. The third-order valence-corrected chi connectivity index (χ3v) is 8.67. The summed E-state index contributed by atoms with van der Waals surface area (Å²) in [7, 11) is 0. The van der Waals surface area contributed by atoms with Crippen LogP contribution in [0.15, 0.2) is 76.6 Å². The molecule has 1 atom stereocenters. The maximum atomic E-state index is 13.8. The number of hydrogen-bond acceptors (Lipinski definition) is 8. The number of likely N-dealkylation sites (tertiary alicyclic amines) is 1. The van der Waals surface area contributed by atoms with Gasteiger partial charge in [0.1, 0.15) is 18.5 Å². The Kier molecular flexibility index (Phi) is 10.1. The van der Waals surface area contributed by atoms with Crippen molar-refractivity contribution >= 4 is 23.2 Å². The SMILES string of the molecule is CCCn1c(=O)c2c(nc(-c3cnn(Cc4cccc(C(F)(F)F)c4)c3)n2COC(=O)[C@@H]2CCCN2C(=O)OCc2ccccc2)n(CC)c1=O. The second-order valence-corrected chi connectivity index (χ2v) is 12.1. The Bertz CT molecular complexity index is 2170. The van der Waals surface area contributed by atoms with E-state index in [0.29, 0.717) is 36.9 Å². The van der Waals surface area contributed by atoms with Gasteiger partial charge >= 0.3 is 23.9 Å². The van der Waals surface area contributed by atoms with Gasteiger partial charge in [0.05, 0.1) is 23.9 Å². The molecule has 51 heavy (non-hydrogen) atoms. The summed E-state index contributed by atoms with van der Waals surface area (Å²) in [6.45, 7) is 3.73. The summed E-state index contributed by atoms with van der Waals surface area (Å²) in [5.41, 5.74) is -0.360. The Labute approximate surface area is 289 Å². The van der Waals surface area contributed by atoms with Gasteiger partial charge in [-0.05, 0) is 49.4 Å². The average Bonchev–Trinajstić information content (AvgIpc) is 3.88. The molecule has 268 valence electrons. The van der Waals surface area contributed by atoms with E-state index in [4.69, 9.17) is 9.47 Å². The summed E-state index contributed by atoms with van der Waals surface area (Å²) < 4.78 is 56.4. The van der Waals surface area contributed by atoms with Crippen molar-refractivity contribution in [2.24, 2.45) is 0 Å². The lowest BCUT2D eigenvalue weighted by Gasteiger charge is -2.23. The van der Waals surface area contributed by atoms with Crippen LogP contribution in [0.25, 0.3) is 22.6 Å². The van der Waals surface area contributed by atoms with Crippen molar-refractivity contribution in [3.05, 3.63) is 105 Å². The van der Waals surface area contributed by atoms with Gasteiger partial charge in [-0.1, -0.05) is 49.4 Å². The summed E-state index contributed by atoms with van der Waals surface area (Å²) in [6.07, 6.45) is -0.804. The standard InChI is InChI=1S/C35H36F3N7O6/c1-3-15-44-31(46)28-30(42(4-2)33(44)48)40-29(25-18-39-41(20-25)19-24-12-8-13-26(17-24)35(36,37)38)45(28)22-51-32(47)27-14-9-16-43(27)34(49)50-21-23-10-6-5-7-11-23/h5-8,10-13,17-18,20,27H,3-4,9,14-16,19,21-22H2,1-2H3/t27-/m0/s1. The number of aromatic nitrogens is 6. The quantitative estimate of drug-likeness (QED) is 0.175. The highest BCUT2D eigenvalue weighted by Crippen LogP contribution is 2.30. The number of esters is 1. The Morgan fingerprint density at radius 2 is 1.73 bits per heavy atom. The van der Waals surface area contributed by atoms with Crippen molar-refractivity contribution in [3.63, 3.8) is 0 Å². The molecule has 16 heteroatoms. The Morgan fingerprint density at radius 3 is 2.45 bits per heavy atom. The molecule has 5 aromatic rings. The minimum absolute atomic E-state index is 0.00000521. The highest BCUT2D eigenvalue weighted by molar-refractivity contribution is 5.82. The number of imidazole rings is 1. The van der Waals surface area contributed by atoms with E-state index in [0.717, 1.165) is 22.3 Å². The van der Waals surface area contributed by atoms with Crippen LogP contribution < -0.4 is 11.2 Å². The van der Waals surface area contributed by atoms with Crippen molar-refractivity contribution in [3.8, 4) is 11.4 Å². The molecule has 3 aromatic heterocycles. The van der Waals surface area contributed by atoms with Crippen molar-refractivity contribution < 1.29 is 32.2 Å². The molecule has 0 N–H and O–H groups in total. The van der Waals surface area contributed by atoms with Gasteiger partial charge in [-0.25, -0.2) is 19.4 Å². The molecule has 13 nitrogen and oxygen atoms in total. The second kappa shape index (κ2) is 14.7.